The first-order chi connectivity index (χ1) is 7.09. The fraction of sp³-hybridized carbons (Fsp3) is 0.667. The maximum atomic E-state index is 6.02. The molecule has 0 aliphatic carbocycles. The molecule has 0 saturated heterocycles. The number of hydrogen-bond acceptors (Lipinski definition) is 2. The van der Waals surface area contributed by atoms with E-state index in [9.17, 15) is 0 Å². The average Bonchev–Trinajstić information content (AvgIpc) is 2.45. The minimum Gasteiger partial charge on any atom is -0.315 e. The number of halogens is 1. The predicted octanol–water partition coefficient (Wildman–Crippen LogP) is 4.03. The van der Waals surface area contributed by atoms with Crippen molar-refractivity contribution in [1.29, 1.82) is 0 Å². The first kappa shape index (κ1) is 13.0. The Kier molecular flexibility index (Phi) is 5.65. The van der Waals surface area contributed by atoms with Gasteiger partial charge in [-0.15, -0.1) is 11.3 Å². The van der Waals surface area contributed by atoms with Gasteiger partial charge in [0.15, 0.2) is 0 Å². The van der Waals surface area contributed by atoms with Crippen LogP contribution in [0.25, 0.3) is 0 Å². The summed E-state index contributed by atoms with van der Waals surface area (Å²) < 4.78 is 0.949. The van der Waals surface area contributed by atoms with Gasteiger partial charge < -0.3 is 5.32 Å². The number of hydrogen-bond donors (Lipinski definition) is 1. The van der Waals surface area contributed by atoms with E-state index in [0.29, 0.717) is 6.04 Å². The Labute approximate surface area is 102 Å². The van der Waals surface area contributed by atoms with E-state index in [0.717, 1.165) is 17.3 Å². The number of unbranched alkanes of at least 4 members (excludes halogenated alkanes) is 1. The third-order valence-electron chi connectivity index (χ3n) is 2.31. The van der Waals surface area contributed by atoms with E-state index in [1.165, 1.54) is 23.3 Å². The summed E-state index contributed by atoms with van der Waals surface area (Å²) in [6.45, 7) is 7.56. The van der Waals surface area contributed by atoms with Crippen molar-refractivity contribution in [3.8, 4) is 0 Å². The minimum atomic E-state index is 0.600. The fourth-order valence-electron chi connectivity index (χ4n) is 1.46. The Bertz CT molecular complexity index is 274. The summed E-state index contributed by atoms with van der Waals surface area (Å²) in [6, 6.07) is 2.81. The molecule has 1 rings (SSSR count). The van der Waals surface area contributed by atoms with Crippen LogP contribution >= 0.6 is 22.9 Å². The zero-order valence-electron chi connectivity index (χ0n) is 9.77. The highest BCUT2D eigenvalue weighted by Crippen LogP contribution is 2.27. The monoisotopic (exact) mass is 245 g/mol. The lowest BCUT2D eigenvalue weighted by Crippen LogP contribution is -2.23. The molecule has 1 nitrogen and oxygen atoms in total. The number of nitrogens with one attached hydrogen (secondary N) is 1. The third kappa shape index (κ3) is 5.01. The van der Waals surface area contributed by atoms with E-state index in [4.69, 9.17) is 11.6 Å². The van der Waals surface area contributed by atoms with Gasteiger partial charge in [-0.1, -0.05) is 25.4 Å². The molecule has 0 spiro atoms. The van der Waals surface area contributed by atoms with Crippen molar-refractivity contribution in [2.75, 3.05) is 6.54 Å². The molecule has 0 aliphatic heterocycles. The maximum absolute atomic E-state index is 6.02. The summed E-state index contributed by atoms with van der Waals surface area (Å²) in [5.74, 6) is 0. The molecule has 0 unspecified atom stereocenters. The molecule has 1 N–H and O–H groups in total. The van der Waals surface area contributed by atoms with Crippen LogP contribution in [0.1, 0.15) is 37.1 Å². The molecule has 0 bridgehead atoms. The van der Waals surface area contributed by atoms with Gasteiger partial charge in [-0.2, -0.15) is 0 Å². The molecule has 3 heteroatoms. The first-order valence-corrected chi connectivity index (χ1v) is 6.77. The Morgan fingerprint density at radius 3 is 2.67 bits per heavy atom. The molecular weight excluding hydrogens is 226 g/mol. The largest absolute Gasteiger partial charge is 0.315 e. The number of rotatable bonds is 6. The first-order valence-electron chi connectivity index (χ1n) is 5.58. The van der Waals surface area contributed by atoms with Gasteiger partial charge in [-0.3, -0.25) is 0 Å². The van der Waals surface area contributed by atoms with Gasteiger partial charge in [0.05, 0.1) is 4.34 Å². The van der Waals surface area contributed by atoms with Crippen molar-refractivity contribution in [3.05, 3.63) is 20.8 Å². The van der Waals surface area contributed by atoms with Crippen molar-refractivity contribution in [3.63, 3.8) is 0 Å². The molecule has 1 aromatic rings. The van der Waals surface area contributed by atoms with Crippen LogP contribution in [-0.2, 0) is 6.42 Å². The van der Waals surface area contributed by atoms with Gasteiger partial charge in [0.1, 0.15) is 0 Å². The van der Waals surface area contributed by atoms with Crippen molar-refractivity contribution in [2.45, 2.75) is 46.1 Å². The molecular formula is C12H20ClNS. The summed E-state index contributed by atoms with van der Waals surface area (Å²) in [5, 5.41) is 3.43. The van der Waals surface area contributed by atoms with Gasteiger partial charge in [0, 0.05) is 10.9 Å². The van der Waals surface area contributed by atoms with Crippen LogP contribution in [0.4, 0.5) is 0 Å². The van der Waals surface area contributed by atoms with Gasteiger partial charge in [-0.05, 0) is 44.4 Å². The average molecular weight is 246 g/mol. The molecule has 0 aromatic carbocycles. The van der Waals surface area contributed by atoms with Crippen LogP contribution in [0.15, 0.2) is 6.07 Å². The summed E-state index contributed by atoms with van der Waals surface area (Å²) in [7, 11) is 0. The molecule has 0 aliphatic rings. The van der Waals surface area contributed by atoms with Crippen LogP contribution < -0.4 is 5.32 Å². The quantitative estimate of drug-likeness (QED) is 0.747. The summed E-state index contributed by atoms with van der Waals surface area (Å²) in [6.07, 6.45) is 3.65. The zero-order chi connectivity index (χ0) is 11.3. The maximum Gasteiger partial charge on any atom is 0.0960 e. The number of aryl methyl sites for hydroxylation is 2. The molecule has 86 valence electrons. The zero-order valence-corrected chi connectivity index (χ0v) is 11.3. The predicted molar refractivity (Wildman–Crippen MR) is 70.1 cm³/mol. The Balaban J connectivity index is 2.15. The minimum absolute atomic E-state index is 0.600. The van der Waals surface area contributed by atoms with Crippen molar-refractivity contribution in [1.82, 2.24) is 5.32 Å². The smallest absolute Gasteiger partial charge is 0.0960 e. The highest BCUT2D eigenvalue weighted by molar-refractivity contribution is 7.16. The normalized spacial score (nSPS) is 11.3. The molecule has 0 atom stereocenters. The van der Waals surface area contributed by atoms with Crippen LogP contribution in [-0.4, -0.2) is 12.6 Å². The van der Waals surface area contributed by atoms with Crippen molar-refractivity contribution < 1.29 is 0 Å². The van der Waals surface area contributed by atoms with Crippen LogP contribution in [0.2, 0.25) is 4.34 Å². The summed E-state index contributed by atoms with van der Waals surface area (Å²) in [5.41, 5.74) is 1.22. The third-order valence-corrected chi connectivity index (χ3v) is 3.93. The molecule has 1 aromatic heterocycles. The van der Waals surface area contributed by atoms with Crippen molar-refractivity contribution >= 4 is 22.9 Å². The molecule has 1 heterocycles. The van der Waals surface area contributed by atoms with Crippen LogP contribution in [0.3, 0.4) is 0 Å². The highest BCUT2D eigenvalue weighted by Gasteiger charge is 2.02. The van der Waals surface area contributed by atoms with Gasteiger partial charge >= 0.3 is 0 Å². The summed E-state index contributed by atoms with van der Waals surface area (Å²) in [4.78, 5) is 1.42. The van der Waals surface area contributed by atoms with Crippen molar-refractivity contribution in [2.24, 2.45) is 0 Å². The standard InChI is InChI=1S/C12H20ClNS/c1-9(2)14-7-5-4-6-11-8-10(3)12(13)15-11/h8-9,14H,4-7H2,1-3H3. The topological polar surface area (TPSA) is 12.0 Å². The molecule has 0 fully saturated rings. The Hall–Kier alpha value is -0.0500. The Morgan fingerprint density at radius 1 is 1.40 bits per heavy atom. The van der Waals surface area contributed by atoms with E-state index in [2.05, 4.69) is 32.2 Å². The molecule has 0 amide bonds. The van der Waals surface area contributed by atoms with Gasteiger partial charge in [-0.25, -0.2) is 0 Å². The second kappa shape index (κ2) is 6.51. The van der Waals surface area contributed by atoms with E-state index >= 15 is 0 Å². The van der Waals surface area contributed by atoms with Gasteiger partial charge in [0.25, 0.3) is 0 Å². The molecule has 0 radical (unpaired) electrons. The number of thiophene rings is 1. The summed E-state index contributed by atoms with van der Waals surface area (Å²) >= 11 is 7.74. The SMILES string of the molecule is Cc1cc(CCCCNC(C)C)sc1Cl. The van der Waals surface area contributed by atoms with E-state index in [-0.39, 0.29) is 0 Å². The highest BCUT2D eigenvalue weighted by atomic mass is 35.5. The van der Waals surface area contributed by atoms with Gasteiger partial charge in [0.2, 0.25) is 0 Å². The fourth-order valence-corrected chi connectivity index (χ4v) is 2.75. The van der Waals surface area contributed by atoms with Crippen LogP contribution in [0.5, 0.6) is 0 Å². The second-order valence-electron chi connectivity index (χ2n) is 4.24. The van der Waals surface area contributed by atoms with Crippen LogP contribution in [0, 0.1) is 6.92 Å². The molecule has 0 saturated carbocycles. The lowest BCUT2D eigenvalue weighted by molar-refractivity contribution is 0.558. The molecule has 15 heavy (non-hydrogen) atoms. The lowest BCUT2D eigenvalue weighted by atomic mass is 10.2. The lowest BCUT2D eigenvalue weighted by Gasteiger charge is -2.06. The Morgan fingerprint density at radius 2 is 2.13 bits per heavy atom. The van der Waals surface area contributed by atoms with E-state index < -0.39 is 0 Å². The van der Waals surface area contributed by atoms with E-state index in [1.54, 1.807) is 11.3 Å². The second-order valence-corrected chi connectivity index (χ2v) is 5.97. The van der Waals surface area contributed by atoms with E-state index in [1.807, 2.05) is 0 Å².